The van der Waals surface area contributed by atoms with Gasteiger partial charge in [0.1, 0.15) is 0 Å². The maximum absolute atomic E-state index is 12.5. The first-order valence-electron chi connectivity index (χ1n) is 9.27. The molecule has 2 aromatic rings. The van der Waals surface area contributed by atoms with E-state index in [2.05, 4.69) is 10.2 Å². The van der Waals surface area contributed by atoms with E-state index in [0.29, 0.717) is 39.1 Å². The van der Waals surface area contributed by atoms with Gasteiger partial charge in [0.15, 0.2) is 0 Å². The van der Waals surface area contributed by atoms with E-state index in [0.717, 1.165) is 11.3 Å². The van der Waals surface area contributed by atoms with Crippen molar-refractivity contribution in [3.05, 3.63) is 66.2 Å². The van der Waals surface area contributed by atoms with Crippen molar-refractivity contribution in [2.45, 2.75) is 12.5 Å². The Morgan fingerprint density at radius 3 is 2.03 bits per heavy atom. The zero-order chi connectivity index (χ0) is 19.1. The summed E-state index contributed by atoms with van der Waals surface area (Å²) in [5.41, 5.74) is 7.93. The second kappa shape index (κ2) is 12.4. The van der Waals surface area contributed by atoms with Crippen LogP contribution in [-0.4, -0.2) is 54.3 Å². The topological polar surface area (TPSA) is 78.7 Å². The predicted octanol–water partition coefficient (Wildman–Crippen LogP) is 2.70. The molecule has 1 unspecified atom stereocenters. The molecular weight excluding hydrogens is 411 g/mol. The average Bonchev–Trinajstić information content (AvgIpc) is 2.70. The molecule has 2 amide bonds. The number of nitrogens with two attached hydrogens (primary N) is 1. The molecule has 1 saturated heterocycles. The summed E-state index contributed by atoms with van der Waals surface area (Å²) in [6.07, 6.45) is 0.304. The molecule has 1 fully saturated rings. The molecule has 6 nitrogen and oxygen atoms in total. The minimum Gasteiger partial charge on any atom is -0.340 e. The van der Waals surface area contributed by atoms with Gasteiger partial charge >= 0.3 is 0 Å². The van der Waals surface area contributed by atoms with Crippen molar-refractivity contribution in [2.75, 3.05) is 38.0 Å². The summed E-state index contributed by atoms with van der Waals surface area (Å²) in [6, 6.07) is 18.8. The number of para-hydroxylation sites is 1. The molecule has 0 radical (unpaired) electrons. The minimum absolute atomic E-state index is 0. The fourth-order valence-corrected chi connectivity index (χ4v) is 3.22. The number of hydrogen-bond donors (Lipinski definition) is 2. The van der Waals surface area contributed by atoms with E-state index < -0.39 is 0 Å². The summed E-state index contributed by atoms with van der Waals surface area (Å²) in [4.78, 5) is 28.6. The van der Waals surface area contributed by atoms with Crippen LogP contribution in [0.1, 0.15) is 18.0 Å². The lowest BCUT2D eigenvalue weighted by Crippen LogP contribution is -2.50. The highest BCUT2D eigenvalue weighted by Gasteiger charge is 2.24. The molecule has 3 N–H and O–H groups in total. The smallest absolute Gasteiger partial charge is 0.238 e. The normalized spacial score (nSPS) is 14.9. The lowest BCUT2D eigenvalue weighted by molar-refractivity contribution is -0.133. The zero-order valence-corrected chi connectivity index (χ0v) is 17.8. The van der Waals surface area contributed by atoms with Crippen molar-refractivity contribution < 1.29 is 9.59 Å². The Labute approximate surface area is 184 Å². The number of rotatable bonds is 6. The van der Waals surface area contributed by atoms with Gasteiger partial charge in [0.05, 0.1) is 6.54 Å². The third-order valence-electron chi connectivity index (χ3n) is 4.77. The number of carbonyl (C=O) groups is 2. The quantitative estimate of drug-likeness (QED) is 0.726. The fourth-order valence-electron chi connectivity index (χ4n) is 3.22. The Bertz CT molecular complexity index is 754. The largest absolute Gasteiger partial charge is 0.340 e. The van der Waals surface area contributed by atoms with Crippen molar-refractivity contribution in [1.29, 1.82) is 0 Å². The van der Waals surface area contributed by atoms with Gasteiger partial charge in [-0.2, -0.15) is 0 Å². The molecule has 1 aliphatic heterocycles. The summed E-state index contributed by atoms with van der Waals surface area (Å²) in [6.45, 7) is 2.96. The fraction of sp³-hybridized carbons (Fsp3) is 0.333. The molecule has 0 bridgehead atoms. The molecule has 0 saturated carbocycles. The average molecular weight is 439 g/mol. The van der Waals surface area contributed by atoms with Gasteiger partial charge in [-0.05, 0) is 17.7 Å². The van der Waals surface area contributed by atoms with Gasteiger partial charge in [-0.1, -0.05) is 48.5 Å². The van der Waals surface area contributed by atoms with E-state index >= 15 is 0 Å². The van der Waals surface area contributed by atoms with Crippen LogP contribution in [0.4, 0.5) is 5.69 Å². The second-order valence-corrected chi connectivity index (χ2v) is 6.79. The first-order valence-corrected chi connectivity index (χ1v) is 9.27. The molecule has 1 heterocycles. The Morgan fingerprint density at radius 2 is 1.45 bits per heavy atom. The second-order valence-electron chi connectivity index (χ2n) is 6.79. The van der Waals surface area contributed by atoms with Crippen LogP contribution in [0.25, 0.3) is 0 Å². The molecule has 0 aliphatic carbocycles. The molecule has 1 aliphatic rings. The van der Waals surface area contributed by atoms with E-state index in [1.165, 1.54) is 0 Å². The number of amides is 2. The molecule has 3 rings (SSSR count). The molecule has 0 aromatic heterocycles. The van der Waals surface area contributed by atoms with Crippen LogP contribution in [0.15, 0.2) is 60.7 Å². The molecule has 158 valence electrons. The molecule has 1 atom stereocenters. The van der Waals surface area contributed by atoms with E-state index in [1.54, 1.807) is 0 Å². The highest BCUT2D eigenvalue weighted by atomic mass is 35.5. The highest BCUT2D eigenvalue weighted by Crippen LogP contribution is 2.15. The van der Waals surface area contributed by atoms with E-state index in [4.69, 9.17) is 5.73 Å². The number of hydrogen-bond acceptors (Lipinski definition) is 4. The molecule has 8 heteroatoms. The predicted molar refractivity (Wildman–Crippen MR) is 121 cm³/mol. The first-order chi connectivity index (χ1) is 13.1. The van der Waals surface area contributed by atoms with Crippen molar-refractivity contribution >= 4 is 42.3 Å². The maximum Gasteiger partial charge on any atom is 0.238 e. The lowest BCUT2D eigenvalue weighted by Gasteiger charge is -2.34. The number of piperazine rings is 1. The summed E-state index contributed by atoms with van der Waals surface area (Å²) in [5.74, 6) is 0.0341. The summed E-state index contributed by atoms with van der Waals surface area (Å²) < 4.78 is 0. The highest BCUT2D eigenvalue weighted by molar-refractivity contribution is 5.92. The molecule has 2 aromatic carbocycles. The standard InChI is InChI=1S/C21H26N4O2.2ClH/c22-19(17-7-3-1-4-8-17)15-21(27)25-13-11-24(12-14-25)16-20(26)23-18-9-5-2-6-10-18;;/h1-10,19H,11-16,22H2,(H,23,26);2*1H. The van der Waals surface area contributed by atoms with Crippen LogP contribution in [0.5, 0.6) is 0 Å². The van der Waals surface area contributed by atoms with Crippen molar-refractivity contribution in [2.24, 2.45) is 5.73 Å². The lowest BCUT2D eigenvalue weighted by atomic mass is 10.0. The van der Waals surface area contributed by atoms with Gasteiger partial charge in [-0.15, -0.1) is 24.8 Å². The Balaban J connectivity index is 0.00000210. The third-order valence-corrected chi connectivity index (χ3v) is 4.77. The SMILES string of the molecule is Cl.Cl.NC(CC(=O)N1CCN(CC(=O)Nc2ccccc2)CC1)c1ccccc1. The van der Waals surface area contributed by atoms with Crippen LogP contribution in [0.2, 0.25) is 0 Å². The van der Waals surface area contributed by atoms with Crippen molar-refractivity contribution in [3.63, 3.8) is 0 Å². The van der Waals surface area contributed by atoms with Gasteiger partial charge in [-0.25, -0.2) is 0 Å². The van der Waals surface area contributed by atoms with Gasteiger partial charge in [-0.3, -0.25) is 14.5 Å². The number of nitrogens with zero attached hydrogens (tertiary/aromatic N) is 2. The Kier molecular flexibility index (Phi) is 10.7. The molecule has 29 heavy (non-hydrogen) atoms. The number of nitrogens with one attached hydrogen (secondary N) is 1. The van der Waals surface area contributed by atoms with E-state index in [9.17, 15) is 9.59 Å². The monoisotopic (exact) mass is 438 g/mol. The number of anilines is 1. The van der Waals surface area contributed by atoms with Crippen LogP contribution >= 0.6 is 24.8 Å². The summed E-state index contributed by atoms with van der Waals surface area (Å²) in [7, 11) is 0. The Hall–Kier alpha value is -2.12. The van der Waals surface area contributed by atoms with Crippen LogP contribution < -0.4 is 11.1 Å². The number of benzene rings is 2. The number of carbonyl (C=O) groups excluding carboxylic acids is 2. The Morgan fingerprint density at radius 1 is 0.897 bits per heavy atom. The van der Waals surface area contributed by atoms with Crippen molar-refractivity contribution in [3.8, 4) is 0 Å². The summed E-state index contributed by atoms with van der Waals surface area (Å²) in [5, 5.41) is 2.89. The van der Waals surface area contributed by atoms with Crippen LogP contribution in [0.3, 0.4) is 0 Å². The first kappa shape index (κ1) is 24.9. The van der Waals surface area contributed by atoms with E-state index in [1.807, 2.05) is 65.6 Å². The van der Waals surface area contributed by atoms with E-state index in [-0.39, 0.29) is 42.7 Å². The maximum atomic E-state index is 12.5. The van der Waals surface area contributed by atoms with Crippen LogP contribution in [0, 0.1) is 0 Å². The molecular formula is C21H28Cl2N4O2. The van der Waals surface area contributed by atoms with Gasteiger partial charge in [0, 0.05) is 44.3 Å². The molecule has 0 spiro atoms. The third kappa shape index (κ3) is 7.66. The van der Waals surface area contributed by atoms with Crippen LogP contribution in [-0.2, 0) is 9.59 Å². The number of halogens is 2. The zero-order valence-electron chi connectivity index (χ0n) is 16.2. The summed E-state index contributed by atoms with van der Waals surface area (Å²) >= 11 is 0. The van der Waals surface area contributed by atoms with Gasteiger partial charge in [0.2, 0.25) is 11.8 Å². The minimum atomic E-state index is -0.284. The van der Waals surface area contributed by atoms with Gasteiger partial charge < -0.3 is 16.0 Å². The van der Waals surface area contributed by atoms with Crippen molar-refractivity contribution in [1.82, 2.24) is 9.80 Å². The van der Waals surface area contributed by atoms with Gasteiger partial charge in [0.25, 0.3) is 0 Å².